The number of hydrogen-bond acceptors (Lipinski definition) is 3. The Morgan fingerprint density at radius 2 is 2.29 bits per heavy atom. The number of carboxylic acid groups (broad SMARTS) is 1. The van der Waals surface area contributed by atoms with E-state index in [1.807, 2.05) is 29.1 Å². The van der Waals surface area contributed by atoms with Gasteiger partial charge in [-0.15, -0.1) is 0 Å². The van der Waals surface area contributed by atoms with Crippen molar-refractivity contribution in [3.63, 3.8) is 0 Å². The molecular formula is C14H14BrN3O3. The molecule has 1 N–H and O–H groups in total. The van der Waals surface area contributed by atoms with Gasteiger partial charge >= 0.3 is 6.09 Å². The maximum Gasteiger partial charge on any atom is 0.407 e. The van der Waals surface area contributed by atoms with Crippen LogP contribution in [0.4, 0.5) is 4.79 Å². The number of hydrogen-bond donors (Lipinski definition) is 1. The lowest BCUT2D eigenvalue weighted by atomic mass is 10.2. The van der Waals surface area contributed by atoms with Gasteiger partial charge in [0.05, 0.1) is 36.9 Å². The highest BCUT2D eigenvalue weighted by molar-refractivity contribution is 9.10. The summed E-state index contributed by atoms with van der Waals surface area (Å²) in [6, 6.07) is 5.89. The van der Waals surface area contributed by atoms with Crippen LogP contribution in [-0.4, -0.2) is 33.0 Å². The topological polar surface area (TPSA) is 67.6 Å². The summed E-state index contributed by atoms with van der Waals surface area (Å²) in [4.78, 5) is 12.3. The molecule has 0 fully saturated rings. The van der Waals surface area contributed by atoms with Crippen LogP contribution in [0.25, 0.3) is 0 Å². The number of carbonyl (C=O) groups is 1. The van der Waals surface area contributed by atoms with E-state index >= 15 is 0 Å². The molecule has 0 aliphatic carbocycles. The number of nitrogens with zero attached hydrogens (tertiary/aromatic N) is 3. The second-order valence-corrected chi connectivity index (χ2v) is 5.76. The molecule has 1 aliphatic rings. The number of aromatic nitrogens is 2. The standard InChI is InChI=1S/C14H14BrN3O3/c1-21-13-3-2-9(4-11(13)15)5-18-7-10-6-17(14(19)20)8-12(10)16-18/h2-4,7H,5-6,8H2,1H3,(H,19,20). The molecule has 1 aromatic carbocycles. The minimum atomic E-state index is -0.904. The lowest BCUT2D eigenvalue weighted by molar-refractivity contribution is 0.144. The van der Waals surface area contributed by atoms with Crippen molar-refractivity contribution in [1.82, 2.24) is 14.7 Å². The number of benzene rings is 1. The average Bonchev–Trinajstić information content (AvgIpc) is 2.97. The molecule has 0 bridgehead atoms. The van der Waals surface area contributed by atoms with Gasteiger partial charge in [-0.05, 0) is 33.6 Å². The van der Waals surface area contributed by atoms with Crippen molar-refractivity contribution < 1.29 is 14.6 Å². The Labute approximate surface area is 130 Å². The van der Waals surface area contributed by atoms with Crippen molar-refractivity contribution in [3.8, 4) is 5.75 Å². The number of halogens is 1. The first-order valence-corrected chi connectivity index (χ1v) is 7.21. The van der Waals surface area contributed by atoms with E-state index < -0.39 is 6.09 Å². The molecule has 0 saturated heterocycles. The Bertz CT molecular complexity index is 675. The zero-order chi connectivity index (χ0) is 15.0. The van der Waals surface area contributed by atoms with Crippen LogP contribution in [0.2, 0.25) is 0 Å². The lowest BCUT2D eigenvalue weighted by Crippen LogP contribution is -2.23. The van der Waals surface area contributed by atoms with Crippen molar-refractivity contribution in [3.05, 3.63) is 45.7 Å². The van der Waals surface area contributed by atoms with Gasteiger partial charge in [0.2, 0.25) is 0 Å². The van der Waals surface area contributed by atoms with E-state index in [0.717, 1.165) is 27.0 Å². The Hall–Kier alpha value is -2.02. The molecule has 1 aliphatic heterocycles. The highest BCUT2D eigenvalue weighted by Gasteiger charge is 2.25. The Kier molecular flexibility index (Phi) is 3.59. The second kappa shape index (κ2) is 5.40. The Morgan fingerprint density at radius 3 is 2.90 bits per heavy atom. The third-order valence-electron chi connectivity index (χ3n) is 3.46. The molecule has 110 valence electrons. The molecule has 2 aromatic rings. The molecule has 0 saturated carbocycles. The predicted octanol–water partition coefficient (Wildman–Crippen LogP) is 2.70. The highest BCUT2D eigenvalue weighted by atomic mass is 79.9. The maximum atomic E-state index is 10.9. The monoisotopic (exact) mass is 351 g/mol. The first kappa shape index (κ1) is 13.9. The lowest BCUT2D eigenvalue weighted by Gasteiger charge is -2.10. The SMILES string of the molecule is COc1ccc(Cn2cc3c(n2)CN(C(=O)O)C3)cc1Br. The van der Waals surface area contributed by atoms with Gasteiger partial charge in [0.15, 0.2) is 0 Å². The van der Waals surface area contributed by atoms with Crippen molar-refractivity contribution in [2.45, 2.75) is 19.6 Å². The molecule has 0 spiro atoms. The van der Waals surface area contributed by atoms with Crippen LogP contribution in [0.1, 0.15) is 16.8 Å². The minimum absolute atomic E-state index is 0.365. The fourth-order valence-electron chi connectivity index (χ4n) is 2.42. The number of rotatable bonds is 3. The van der Waals surface area contributed by atoms with Gasteiger partial charge in [0, 0.05) is 11.8 Å². The van der Waals surface area contributed by atoms with E-state index in [4.69, 9.17) is 9.84 Å². The number of ether oxygens (including phenoxy) is 1. The summed E-state index contributed by atoms with van der Waals surface area (Å²) in [5.41, 5.74) is 2.91. The van der Waals surface area contributed by atoms with E-state index in [2.05, 4.69) is 21.0 Å². The predicted molar refractivity (Wildman–Crippen MR) is 79.3 cm³/mol. The molecule has 3 rings (SSSR count). The minimum Gasteiger partial charge on any atom is -0.496 e. The van der Waals surface area contributed by atoms with Gasteiger partial charge in [0.25, 0.3) is 0 Å². The third kappa shape index (κ3) is 2.73. The average molecular weight is 352 g/mol. The molecule has 0 radical (unpaired) electrons. The van der Waals surface area contributed by atoms with Gasteiger partial charge in [-0.3, -0.25) is 9.58 Å². The summed E-state index contributed by atoms with van der Waals surface area (Å²) in [5.74, 6) is 0.791. The van der Waals surface area contributed by atoms with Gasteiger partial charge in [-0.2, -0.15) is 5.10 Å². The number of fused-ring (bicyclic) bond motifs is 1. The fourth-order valence-corrected chi connectivity index (χ4v) is 3.01. The summed E-state index contributed by atoms with van der Waals surface area (Å²) < 4.78 is 7.95. The van der Waals surface area contributed by atoms with Crippen LogP contribution >= 0.6 is 15.9 Å². The van der Waals surface area contributed by atoms with Crippen LogP contribution in [0.15, 0.2) is 28.9 Å². The molecule has 1 amide bonds. The summed E-state index contributed by atoms with van der Waals surface area (Å²) in [6.45, 7) is 1.42. The first-order valence-electron chi connectivity index (χ1n) is 6.42. The van der Waals surface area contributed by atoms with Gasteiger partial charge < -0.3 is 9.84 Å². The molecule has 21 heavy (non-hydrogen) atoms. The normalized spacial score (nSPS) is 13.3. The Balaban J connectivity index is 1.75. The third-order valence-corrected chi connectivity index (χ3v) is 4.08. The van der Waals surface area contributed by atoms with Gasteiger partial charge in [-0.25, -0.2) is 4.79 Å². The zero-order valence-electron chi connectivity index (χ0n) is 11.4. The smallest absolute Gasteiger partial charge is 0.407 e. The van der Waals surface area contributed by atoms with Crippen LogP contribution < -0.4 is 4.74 Å². The summed E-state index contributed by atoms with van der Waals surface area (Å²) >= 11 is 3.46. The highest BCUT2D eigenvalue weighted by Crippen LogP contribution is 2.26. The van der Waals surface area contributed by atoms with E-state index in [0.29, 0.717) is 19.6 Å². The molecule has 0 atom stereocenters. The van der Waals surface area contributed by atoms with Crippen molar-refractivity contribution >= 4 is 22.0 Å². The molecule has 0 unspecified atom stereocenters. The number of amides is 1. The van der Waals surface area contributed by atoms with Crippen LogP contribution in [0.3, 0.4) is 0 Å². The van der Waals surface area contributed by atoms with Crippen LogP contribution in [-0.2, 0) is 19.6 Å². The quantitative estimate of drug-likeness (QED) is 0.922. The summed E-state index contributed by atoms with van der Waals surface area (Å²) in [6.07, 6.45) is 1.01. The van der Waals surface area contributed by atoms with Gasteiger partial charge in [0.1, 0.15) is 5.75 Å². The van der Waals surface area contributed by atoms with Crippen LogP contribution in [0, 0.1) is 0 Å². The first-order chi connectivity index (χ1) is 10.1. The van der Waals surface area contributed by atoms with E-state index in [1.165, 1.54) is 4.90 Å². The molecular weight excluding hydrogens is 338 g/mol. The van der Waals surface area contributed by atoms with Gasteiger partial charge in [-0.1, -0.05) is 6.07 Å². The molecule has 6 nitrogen and oxygen atoms in total. The second-order valence-electron chi connectivity index (χ2n) is 4.91. The summed E-state index contributed by atoms with van der Waals surface area (Å²) in [5, 5.41) is 13.4. The van der Waals surface area contributed by atoms with Crippen molar-refractivity contribution in [2.75, 3.05) is 7.11 Å². The van der Waals surface area contributed by atoms with E-state index in [-0.39, 0.29) is 0 Å². The zero-order valence-corrected chi connectivity index (χ0v) is 13.0. The largest absolute Gasteiger partial charge is 0.496 e. The molecule has 7 heteroatoms. The number of methoxy groups -OCH3 is 1. The maximum absolute atomic E-state index is 10.9. The van der Waals surface area contributed by atoms with Crippen molar-refractivity contribution in [2.24, 2.45) is 0 Å². The molecule has 2 heterocycles. The van der Waals surface area contributed by atoms with Crippen molar-refractivity contribution in [1.29, 1.82) is 0 Å². The van der Waals surface area contributed by atoms with E-state index in [9.17, 15) is 4.79 Å². The fraction of sp³-hybridized carbons (Fsp3) is 0.286. The van der Waals surface area contributed by atoms with E-state index in [1.54, 1.807) is 7.11 Å². The summed E-state index contributed by atoms with van der Waals surface area (Å²) in [7, 11) is 1.63. The Morgan fingerprint density at radius 1 is 1.48 bits per heavy atom. The molecule has 1 aromatic heterocycles. The van der Waals surface area contributed by atoms with Crippen LogP contribution in [0.5, 0.6) is 5.75 Å².